The van der Waals surface area contributed by atoms with Gasteiger partial charge in [0.2, 0.25) is 5.89 Å². The molecule has 534 valence electrons. The van der Waals surface area contributed by atoms with E-state index in [9.17, 15) is 36.9 Å². The van der Waals surface area contributed by atoms with Crippen LogP contribution in [0, 0.1) is 13.8 Å². The first-order valence-corrected chi connectivity index (χ1v) is 35.1. The Labute approximate surface area is 705 Å². The molecule has 12 aromatic heterocycles. The molecule has 0 aliphatic carbocycles. The van der Waals surface area contributed by atoms with Crippen LogP contribution in [-0.4, -0.2) is 202 Å². The smallest absolute Gasteiger partial charge is 0.844 e. The number of aromatic nitrogens is 19. The molecule has 0 atom stereocenters. The van der Waals surface area contributed by atoms with Gasteiger partial charge in [0.25, 0.3) is 0 Å². The Kier molecular flexibility index (Phi) is 28.9. The number of rotatable bonds is 11. The molecule has 0 bridgehead atoms. The van der Waals surface area contributed by atoms with Gasteiger partial charge in [0.05, 0.1) is 49.7 Å². The van der Waals surface area contributed by atoms with E-state index in [2.05, 4.69) is 90.1 Å². The van der Waals surface area contributed by atoms with E-state index in [4.69, 9.17) is 4.42 Å². The van der Waals surface area contributed by atoms with Crippen molar-refractivity contribution in [2.24, 2.45) is 0 Å². The number of benzene rings is 6. The quantitative estimate of drug-likeness (QED) is 0.109. The molecule has 27 nitrogen and oxygen atoms in total. The van der Waals surface area contributed by atoms with Crippen LogP contribution < -0.4 is 15.3 Å². The van der Waals surface area contributed by atoms with Gasteiger partial charge in [0, 0.05) is 72.1 Å². The van der Waals surface area contributed by atoms with Crippen LogP contribution in [-0.2, 0) is 16.2 Å². The molecule has 0 saturated carbocycles. The number of hydrogen-bond donors (Lipinski definition) is 0. The molecule has 12 heterocycles. The number of fused-ring (bicyclic) bond motifs is 5. The molecule has 113 heavy (non-hydrogen) atoms. The van der Waals surface area contributed by atoms with Crippen LogP contribution in [0.1, 0.15) is 16.8 Å². The van der Waals surface area contributed by atoms with Crippen molar-refractivity contribution in [3.63, 3.8) is 0 Å². The molecule has 0 fully saturated rings. The molecule has 0 N–H and O–H groups in total. The summed E-state index contributed by atoms with van der Waals surface area (Å²) < 4.78 is 74.0. The van der Waals surface area contributed by atoms with Crippen molar-refractivity contribution >= 4 is 171 Å². The molecule has 0 saturated heterocycles. The van der Waals surface area contributed by atoms with Crippen LogP contribution >= 0.6 is 11.3 Å². The number of hydrogen-bond acceptors (Lipinski definition) is 23. The van der Waals surface area contributed by atoms with Crippen molar-refractivity contribution in [2.75, 3.05) is 6.26 Å². The van der Waals surface area contributed by atoms with Gasteiger partial charge in [0.15, 0.2) is 45.7 Å². The topological polar surface area (TPSA) is 364 Å². The number of halogens is 3. The van der Waals surface area contributed by atoms with Crippen LogP contribution in [0.2, 0.25) is 0 Å². The van der Waals surface area contributed by atoms with Crippen molar-refractivity contribution in [1.82, 2.24) is 93.6 Å². The number of oxazole rings is 1. The molecular formula is C76H51Al2F3Ga3N21O6S2+10. The maximum Gasteiger partial charge on any atom is 3.00 e. The van der Waals surface area contributed by atoms with Gasteiger partial charge in [-0.05, 0) is 104 Å². The van der Waals surface area contributed by atoms with Crippen LogP contribution in [0.4, 0.5) is 30.4 Å². The third-order valence-electron chi connectivity index (χ3n) is 15.4. The Balaban J connectivity index is 0.000000160. The second kappa shape index (κ2) is 38.2. The molecule has 0 radical (unpaired) electrons. The maximum atomic E-state index is 12.5. The number of para-hydroxylation sites is 4. The molecule has 0 unspecified atom stereocenters. The number of pyridine rings is 3. The molecule has 37 heteroatoms. The standard InChI is InChI=1S/2C17H13N5O.C17H11N4O.C14H11N2O2S2.C11H6F3N5O.2Al.3Ga/c1-11-5-4-6-12(9-11)14-10-15-19-16(13-7-2-3-8-18-13)20-17(23)22(15)21-14;1-11-5-7-12(8-6-11)14-10-15-19-16(13-4-2-3-9-18-13)20-17(23)22(15)21-14;1-2-6-13(20-16-11-18-9-10-19-16)12(5-1)17-21-14-7-3-4-8-15(14)22-17;1-20(17,18)16-11-7-3-2-6-10(11)14-15-12-8-4-5-9-13(12)19-14;12-11(13,14)7-5-8-16-9(6-3-1-2-4-15-6)17-10(20)19(8)18-7;;;;;/h2*2-10H,1H3,(H,19,20,23);1-11H;2-9H,1H3;1-5H,(H,16,17,20);;;;;/q;;2*-1;;5*+3/p-3. The predicted octanol–water partition coefficient (Wildman–Crippen LogP) is 12.4. The van der Waals surface area contributed by atoms with Gasteiger partial charge < -0.3 is 34.8 Å². The number of nitrogens with zero attached hydrogens (tertiary/aromatic N) is 21. The third kappa shape index (κ3) is 21.0. The molecule has 6 aromatic carbocycles. The Hall–Kier alpha value is -11.4. The van der Waals surface area contributed by atoms with E-state index < -0.39 is 39.9 Å². The minimum atomic E-state index is -4.65. The molecule has 0 spiro atoms. The van der Waals surface area contributed by atoms with Gasteiger partial charge in [-0.2, -0.15) is 28.5 Å². The Morgan fingerprint density at radius 3 is 1.48 bits per heavy atom. The zero-order valence-corrected chi connectivity index (χ0v) is 70.6. The SMILES string of the molecule is CS(=O)(=O)[N-]c1ccccc1-c1nc2ccccc2s1.Cc1ccc(-c2cc3nc(-c4ccccn4)nc([O-])n3n2)cc1.Cc1cccc(-c2cc3nc(-c4ccccn4)nc([O-])n3n2)c1.[Al+3].[Al+3].[Ga+3].[Ga+3].[Ga+3].[O-]c1nc(-c2ccccn2)nc2cc(C(F)(F)F)nn12.c1ccc(-c2nc3ccccc3o2)c([N-]c2cnccn2)c1. The minimum Gasteiger partial charge on any atom is -0.844 e. The summed E-state index contributed by atoms with van der Waals surface area (Å²) in [4.78, 5) is 53.7. The first-order valence-electron chi connectivity index (χ1n) is 32.4. The van der Waals surface area contributed by atoms with E-state index in [1.54, 1.807) is 97.7 Å². The monoisotopic (exact) mass is 1740 g/mol. The van der Waals surface area contributed by atoms with Crippen molar-refractivity contribution in [2.45, 2.75) is 20.0 Å². The number of alkyl halides is 3. The average Bonchev–Trinajstić information content (AvgIpc) is 1.66. The van der Waals surface area contributed by atoms with E-state index in [0.29, 0.717) is 79.4 Å². The van der Waals surface area contributed by atoms with Crippen molar-refractivity contribution in [3.8, 4) is 97.1 Å². The molecule has 18 aromatic rings. The second-order valence-corrected chi connectivity index (χ2v) is 26.0. The van der Waals surface area contributed by atoms with Gasteiger partial charge in [-0.25, -0.2) is 61.8 Å². The Morgan fingerprint density at radius 2 is 0.956 bits per heavy atom. The number of aryl methyl sites for hydroxylation is 2. The first kappa shape index (κ1) is 85.6. The largest absolute Gasteiger partial charge is 3.00 e. The summed E-state index contributed by atoms with van der Waals surface area (Å²) in [5.41, 5.74) is 11.7. The van der Waals surface area contributed by atoms with E-state index in [1.807, 2.05) is 159 Å². The fourth-order valence-corrected chi connectivity index (χ4v) is 12.0. The molecule has 0 amide bonds. The third-order valence-corrected chi connectivity index (χ3v) is 17.0. The Morgan fingerprint density at radius 1 is 0.451 bits per heavy atom. The van der Waals surface area contributed by atoms with Gasteiger partial charge in [0.1, 0.15) is 27.6 Å². The van der Waals surface area contributed by atoms with Gasteiger partial charge >= 0.3 is 100 Å². The van der Waals surface area contributed by atoms with Crippen LogP contribution in [0.15, 0.2) is 260 Å². The zero-order valence-electron chi connectivity index (χ0n) is 59.4. The second-order valence-electron chi connectivity index (χ2n) is 23.3. The van der Waals surface area contributed by atoms with Gasteiger partial charge in [-0.1, -0.05) is 145 Å². The van der Waals surface area contributed by atoms with Crippen molar-refractivity contribution in [3.05, 3.63) is 282 Å². The Bertz CT molecular complexity index is 6290. The molecular weight excluding hydrogens is 1690 g/mol. The van der Waals surface area contributed by atoms with Crippen LogP contribution in [0.5, 0.6) is 18.0 Å². The number of thiazole rings is 1. The first-order chi connectivity index (χ1) is 52.3. The summed E-state index contributed by atoms with van der Waals surface area (Å²) in [6.45, 7) is 4.03. The van der Waals surface area contributed by atoms with E-state index >= 15 is 0 Å². The summed E-state index contributed by atoms with van der Waals surface area (Å²) in [6.07, 6.45) is 6.02. The molecule has 18 rings (SSSR count). The van der Waals surface area contributed by atoms with Gasteiger partial charge in [-0.3, -0.25) is 19.9 Å². The maximum absolute atomic E-state index is 12.5. The summed E-state index contributed by atoms with van der Waals surface area (Å²) >= 11 is 1.52. The molecule has 0 aliphatic heterocycles. The van der Waals surface area contributed by atoms with E-state index in [-0.39, 0.29) is 106 Å². The van der Waals surface area contributed by atoms with Gasteiger partial charge in [-0.15, -0.1) is 17.0 Å². The van der Waals surface area contributed by atoms with E-state index in [1.165, 1.54) is 32.1 Å². The summed E-state index contributed by atoms with van der Waals surface area (Å²) in [7, 11) is -3.44. The van der Waals surface area contributed by atoms with Crippen molar-refractivity contribution < 1.29 is 41.3 Å². The van der Waals surface area contributed by atoms with Crippen LogP contribution in [0.3, 0.4) is 0 Å². The normalized spacial score (nSPS) is 10.7. The fraction of sp³-hybridized carbons (Fsp3) is 0.0526. The predicted molar refractivity (Wildman–Crippen MR) is 422 cm³/mol. The summed E-state index contributed by atoms with van der Waals surface area (Å²) in [5, 5.41) is 53.1. The number of sulfonamides is 1. The fourth-order valence-electron chi connectivity index (χ4n) is 10.5. The zero-order chi connectivity index (χ0) is 74.9. The van der Waals surface area contributed by atoms with Crippen molar-refractivity contribution in [1.29, 1.82) is 0 Å². The summed E-state index contributed by atoms with van der Waals surface area (Å²) in [5.74, 6) is 1.66. The molecule has 0 aliphatic rings. The van der Waals surface area contributed by atoms with E-state index in [0.717, 1.165) is 66.1 Å². The van der Waals surface area contributed by atoms with Crippen LogP contribution in [0.25, 0.3) is 127 Å². The average molecular weight is 1740 g/mol. The summed E-state index contributed by atoms with van der Waals surface area (Å²) in [6, 6.07) is 64.2. The minimum absolute atomic E-state index is 0.